The topological polar surface area (TPSA) is 0 Å². The van der Waals surface area contributed by atoms with Gasteiger partial charge in [-0.25, -0.2) is 0 Å². The van der Waals surface area contributed by atoms with E-state index in [1.807, 2.05) is 12.1 Å². The molecule has 23 heavy (non-hydrogen) atoms. The molecule has 2 aromatic carbocycles. The van der Waals surface area contributed by atoms with Gasteiger partial charge in [0.05, 0.1) is 0 Å². The highest BCUT2D eigenvalue weighted by Gasteiger charge is 2.16. The maximum atomic E-state index is 5.84. The van der Waals surface area contributed by atoms with E-state index in [-0.39, 0.29) is 7.43 Å². The van der Waals surface area contributed by atoms with E-state index in [0.717, 1.165) is 18.2 Å². The van der Waals surface area contributed by atoms with E-state index in [1.54, 1.807) is 0 Å². The van der Waals surface area contributed by atoms with Crippen LogP contribution in [0.15, 0.2) is 59.4 Å². The van der Waals surface area contributed by atoms with E-state index in [4.69, 9.17) is 22.5 Å². The molecule has 3 heteroatoms. The smallest absolute Gasteiger partial charge is 0.0776 e. The lowest BCUT2D eigenvalue weighted by molar-refractivity contribution is 1.20. The summed E-state index contributed by atoms with van der Waals surface area (Å²) in [5, 5.41) is 1.16. The molecule has 0 atom stereocenters. The molecule has 0 amide bonds. The van der Waals surface area contributed by atoms with Crippen molar-refractivity contribution in [2.75, 3.05) is 0 Å². The zero-order chi connectivity index (χ0) is 15.5. The number of hydrogen-bond acceptors (Lipinski definition) is 0. The van der Waals surface area contributed by atoms with Gasteiger partial charge >= 0.3 is 0 Å². The third kappa shape index (κ3) is 4.48. The number of benzene rings is 2. The molecule has 0 radical (unpaired) electrons. The Morgan fingerprint density at radius 3 is 1.83 bits per heavy atom. The van der Waals surface area contributed by atoms with E-state index in [2.05, 4.69) is 55.5 Å². The quantitative estimate of drug-likeness (QED) is 0.456. The molecule has 0 N–H and O–H groups in total. The molecule has 4 rings (SSSR count). The van der Waals surface area contributed by atoms with Gasteiger partial charge in [-0.15, -0.1) is 0 Å². The summed E-state index contributed by atoms with van der Waals surface area (Å²) in [4.78, 5) is 0. The van der Waals surface area contributed by atoms with Gasteiger partial charge in [-0.3, -0.25) is 0 Å². The van der Waals surface area contributed by atoms with Crippen LogP contribution in [0.2, 0.25) is 0 Å². The molecular formula is C20H21Cl2P. The van der Waals surface area contributed by atoms with Crippen molar-refractivity contribution in [2.24, 2.45) is 0 Å². The maximum Gasteiger partial charge on any atom is 0.113 e. The minimum atomic E-state index is -0.942. The zero-order valence-corrected chi connectivity index (χ0v) is 14.8. The first-order valence-corrected chi connectivity index (χ1v) is 10.4. The molecule has 2 aliphatic rings. The number of rotatable bonds is 1. The molecule has 0 nitrogen and oxygen atoms in total. The number of hydrogen-bond donors (Lipinski definition) is 0. The Kier molecular flexibility index (Phi) is 6.48. The fourth-order valence-electron chi connectivity index (χ4n) is 2.82. The Hall–Kier alpha value is -1.07. The lowest BCUT2D eigenvalue weighted by atomic mass is 10.1. The Bertz CT molecular complexity index is 745. The van der Waals surface area contributed by atoms with Crippen molar-refractivity contribution in [1.29, 1.82) is 0 Å². The summed E-state index contributed by atoms with van der Waals surface area (Å²) < 4.78 is 0. The average Bonchev–Trinajstić information content (AvgIpc) is 3.09. The minimum absolute atomic E-state index is 0. The molecular weight excluding hydrogens is 342 g/mol. The van der Waals surface area contributed by atoms with Gasteiger partial charge < -0.3 is 0 Å². The summed E-state index contributed by atoms with van der Waals surface area (Å²) in [5.74, 6) is 0. The Labute approximate surface area is 150 Å². The fraction of sp³-hybridized carbons (Fsp3) is 0.200. The summed E-state index contributed by atoms with van der Waals surface area (Å²) in [7, 11) is 0. The number of allylic oxidation sites excluding steroid dienone is 2. The number of halogens is 2. The van der Waals surface area contributed by atoms with Gasteiger partial charge in [0, 0.05) is 6.42 Å². The van der Waals surface area contributed by atoms with E-state index < -0.39 is 6.63 Å². The van der Waals surface area contributed by atoms with Gasteiger partial charge in [-0.05, 0) is 47.0 Å². The highest BCUT2D eigenvalue weighted by Crippen LogP contribution is 2.58. The SMILES string of the molecule is C.CC1=Cc2ccccc2C1.ClP(Cl)C1=Cc2ccccc2C1. The normalized spacial score (nSPS) is 14.1. The molecule has 0 aromatic heterocycles. The van der Waals surface area contributed by atoms with Crippen molar-refractivity contribution in [1.82, 2.24) is 0 Å². The molecule has 0 fully saturated rings. The van der Waals surface area contributed by atoms with E-state index in [0.29, 0.717) is 0 Å². The highest BCUT2D eigenvalue weighted by molar-refractivity contribution is 8.06. The first-order chi connectivity index (χ1) is 10.6. The second-order valence-electron chi connectivity index (χ2n) is 5.61. The van der Waals surface area contributed by atoms with Crippen LogP contribution < -0.4 is 0 Å². The average molecular weight is 363 g/mol. The van der Waals surface area contributed by atoms with Crippen molar-refractivity contribution in [3.63, 3.8) is 0 Å². The molecule has 2 aromatic rings. The molecule has 2 aliphatic carbocycles. The van der Waals surface area contributed by atoms with Crippen LogP contribution in [0.25, 0.3) is 12.2 Å². The molecule has 0 bridgehead atoms. The largest absolute Gasteiger partial charge is 0.113 e. The van der Waals surface area contributed by atoms with Crippen LogP contribution in [-0.4, -0.2) is 0 Å². The van der Waals surface area contributed by atoms with Gasteiger partial charge in [0.25, 0.3) is 0 Å². The van der Waals surface area contributed by atoms with Gasteiger partial charge in [-0.1, -0.05) is 90.1 Å². The Morgan fingerprint density at radius 1 is 0.783 bits per heavy atom. The third-order valence-corrected chi connectivity index (χ3v) is 5.92. The van der Waals surface area contributed by atoms with Crippen LogP contribution in [0.1, 0.15) is 36.6 Å². The van der Waals surface area contributed by atoms with Crippen LogP contribution >= 0.6 is 29.1 Å². The second kappa shape index (κ2) is 8.15. The minimum Gasteiger partial charge on any atom is -0.0776 e. The van der Waals surface area contributed by atoms with E-state index >= 15 is 0 Å². The van der Waals surface area contributed by atoms with Gasteiger partial charge in [0.15, 0.2) is 0 Å². The first kappa shape index (κ1) is 18.3. The van der Waals surface area contributed by atoms with Crippen LogP contribution in [0.3, 0.4) is 0 Å². The standard InChI is InChI=1S/C10H10.C9H7Cl2P.CH4/c1-8-6-9-4-2-3-5-10(9)7-8;10-12(11)9-5-7-3-1-2-4-8(7)6-9;/h2-6H,7H2,1H3;1-5H,6H2;1H4. The van der Waals surface area contributed by atoms with Crippen molar-refractivity contribution < 1.29 is 0 Å². The second-order valence-corrected chi connectivity index (χ2v) is 9.20. The lowest BCUT2D eigenvalue weighted by Crippen LogP contribution is -1.79. The van der Waals surface area contributed by atoms with Crippen LogP contribution in [-0.2, 0) is 12.8 Å². The summed E-state index contributed by atoms with van der Waals surface area (Å²) in [5.41, 5.74) is 6.95. The Balaban J connectivity index is 0.000000162. The Morgan fingerprint density at radius 2 is 1.30 bits per heavy atom. The molecule has 0 unspecified atom stereocenters. The van der Waals surface area contributed by atoms with Gasteiger partial charge in [-0.2, -0.15) is 0 Å². The molecule has 0 spiro atoms. The van der Waals surface area contributed by atoms with Gasteiger partial charge in [0.2, 0.25) is 0 Å². The third-order valence-electron chi connectivity index (χ3n) is 3.89. The molecule has 0 saturated carbocycles. The van der Waals surface area contributed by atoms with Crippen molar-refractivity contribution in [2.45, 2.75) is 27.2 Å². The van der Waals surface area contributed by atoms with Gasteiger partial charge in [0.1, 0.15) is 6.63 Å². The van der Waals surface area contributed by atoms with Crippen LogP contribution in [0, 0.1) is 0 Å². The monoisotopic (exact) mass is 362 g/mol. The molecule has 0 heterocycles. The molecule has 0 saturated heterocycles. The maximum absolute atomic E-state index is 5.84. The predicted octanol–water partition coefficient (Wildman–Crippen LogP) is 7.66. The summed E-state index contributed by atoms with van der Waals surface area (Å²) in [6.45, 7) is 1.24. The van der Waals surface area contributed by atoms with Crippen LogP contribution in [0.5, 0.6) is 0 Å². The predicted molar refractivity (Wildman–Crippen MR) is 107 cm³/mol. The van der Waals surface area contributed by atoms with Crippen LogP contribution in [0.4, 0.5) is 0 Å². The van der Waals surface area contributed by atoms with E-state index in [9.17, 15) is 0 Å². The summed E-state index contributed by atoms with van der Waals surface area (Å²) >= 11 is 11.7. The molecule has 0 aliphatic heterocycles. The summed E-state index contributed by atoms with van der Waals surface area (Å²) in [6, 6.07) is 16.8. The summed E-state index contributed by atoms with van der Waals surface area (Å²) in [6.07, 6.45) is 6.43. The lowest BCUT2D eigenvalue weighted by Gasteiger charge is -1.99. The van der Waals surface area contributed by atoms with E-state index in [1.165, 1.54) is 27.8 Å². The zero-order valence-electron chi connectivity index (χ0n) is 12.4. The van der Waals surface area contributed by atoms with Crippen molar-refractivity contribution in [3.05, 3.63) is 81.7 Å². The first-order valence-electron chi connectivity index (χ1n) is 7.29. The fourth-order valence-corrected chi connectivity index (χ4v) is 4.00. The van der Waals surface area contributed by atoms with Crippen molar-refractivity contribution in [3.8, 4) is 0 Å². The number of fused-ring (bicyclic) bond motifs is 2. The van der Waals surface area contributed by atoms with Crippen molar-refractivity contribution >= 4 is 41.3 Å². The molecule has 120 valence electrons. The highest BCUT2D eigenvalue weighted by atomic mass is 35.9.